The summed E-state index contributed by atoms with van der Waals surface area (Å²) < 4.78 is 39.7. The van der Waals surface area contributed by atoms with Gasteiger partial charge in [-0.15, -0.1) is 0 Å². The van der Waals surface area contributed by atoms with Crippen LogP contribution in [0, 0.1) is 11.7 Å². The van der Waals surface area contributed by atoms with E-state index in [1.807, 2.05) is 6.92 Å². The first-order valence-corrected chi connectivity index (χ1v) is 7.78. The average molecular weight is 287 g/mol. The Morgan fingerprint density at radius 1 is 1.47 bits per heavy atom. The second-order valence-corrected chi connectivity index (χ2v) is 6.93. The van der Waals surface area contributed by atoms with E-state index in [-0.39, 0.29) is 10.5 Å². The molecule has 6 heteroatoms. The van der Waals surface area contributed by atoms with Gasteiger partial charge < -0.3 is 5.11 Å². The predicted molar refractivity (Wildman–Crippen MR) is 69.5 cm³/mol. The molecule has 1 aromatic rings. The Hall–Kier alpha value is -0.980. The first kappa shape index (κ1) is 14.4. The van der Waals surface area contributed by atoms with Crippen LogP contribution in [-0.2, 0) is 16.6 Å². The van der Waals surface area contributed by atoms with E-state index in [1.54, 1.807) is 0 Å². The van der Waals surface area contributed by atoms with Gasteiger partial charge >= 0.3 is 0 Å². The molecular formula is C13H18FNO3S. The van der Waals surface area contributed by atoms with Gasteiger partial charge in [-0.2, -0.15) is 4.31 Å². The first-order chi connectivity index (χ1) is 8.95. The van der Waals surface area contributed by atoms with Gasteiger partial charge in [-0.05, 0) is 36.5 Å². The molecule has 0 aliphatic carbocycles. The predicted octanol–water partition coefficient (Wildman–Crippen LogP) is 1.74. The molecule has 1 unspecified atom stereocenters. The van der Waals surface area contributed by atoms with Crippen LogP contribution in [0.3, 0.4) is 0 Å². The van der Waals surface area contributed by atoms with Crippen molar-refractivity contribution in [1.29, 1.82) is 0 Å². The molecule has 1 aliphatic heterocycles. The summed E-state index contributed by atoms with van der Waals surface area (Å²) in [6.07, 6.45) is 1.81. The van der Waals surface area contributed by atoms with Gasteiger partial charge in [-0.25, -0.2) is 12.8 Å². The summed E-state index contributed by atoms with van der Waals surface area (Å²) in [4.78, 5) is -0.121. The molecule has 106 valence electrons. The second kappa shape index (κ2) is 5.56. The summed E-state index contributed by atoms with van der Waals surface area (Å²) >= 11 is 0. The molecule has 1 heterocycles. The number of benzene rings is 1. The summed E-state index contributed by atoms with van der Waals surface area (Å²) in [5, 5.41) is 9.22. The Morgan fingerprint density at radius 2 is 2.21 bits per heavy atom. The lowest BCUT2D eigenvalue weighted by Crippen LogP contribution is -2.39. The van der Waals surface area contributed by atoms with Crippen molar-refractivity contribution in [3.05, 3.63) is 29.6 Å². The van der Waals surface area contributed by atoms with Gasteiger partial charge in [0.15, 0.2) is 0 Å². The van der Waals surface area contributed by atoms with Gasteiger partial charge in [0.25, 0.3) is 0 Å². The highest BCUT2D eigenvalue weighted by Gasteiger charge is 2.30. The second-order valence-electron chi connectivity index (χ2n) is 5.02. The van der Waals surface area contributed by atoms with E-state index in [2.05, 4.69) is 0 Å². The monoisotopic (exact) mass is 287 g/mol. The number of aliphatic hydroxyl groups is 1. The zero-order valence-corrected chi connectivity index (χ0v) is 11.7. The smallest absolute Gasteiger partial charge is 0.243 e. The molecule has 19 heavy (non-hydrogen) atoms. The van der Waals surface area contributed by atoms with Crippen LogP contribution in [0.2, 0.25) is 0 Å². The van der Waals surface area contributed by atoms with E-state index in [4.69, 9.17) is 0 Å². The third-order valence-corrected chi connectivity index (χ3v) is 5.38. The number of sulfonamides is 1. The van der Waals surface area contributed by atoms with E-state index in [0.717, 1.165) is 25.0 Å². The molecule has 2 rings (SSSR count). The van der Waals surface area contributed by atoms with Crippen molar-refractivity contribution < 1.29 is 17.9 Å². The summed E-state index contributed by atoms with van der Waals surface area (Å²) in [5.41, 5.74) is 0.236. The first-order valence-electron chi connectivity index (χ1n) is 6.34. The molecule has 4 nitrogen and oxygen atoms in total. The van der Waals surface area contributed by atoms with Crippen molar-refractivity contribution in [3.8, 4) is 0 Å². The van der Waals surface area contributed by atoms with Crippen molar-refractivity contribution in [1.82, 2.24) is 4.31 Å². The van der Waals surface area contributed by atoms with E-state index >= 15 is 0 Å². The number of halogens is 1. The molecule has 0 amide bonds. The van der Waals surface area contributed by atoms with E-state index in [0.29, 0.717) is 19.0 Å². The van der Waals surface area contributed by atoms with Crippen LogP contribution in [0.4, 0.5) is 4.39 Å². The molecule has 1 saturated heterocycles. The number of hydrogen-bond donors (Lipinski definition) is 1. The average Bonchev–Trinajstić information content (AvgIpc) is 2.38. The quantitative estimate of drug-likeness (QED) is 0.921. The molecule has 0 aromatic heterocycles. The molecule has 0 spiro atoms. The number of piperidine rings is 1. The van der Waals surface area contributed by atoms with Crippen LogP contribution in [0.15, 0.2) is 23.1 Å². The Bertz CT molecular complexity index is 559. The molecule has 1 fully saturated rings. The standard InChI is InChI=1S/C13H18FNO3S/c1-10-3-2-6-15(8-10)19(17,18)13-7-12(14)5-4-11(13)9-16/h4-5,7,10,16H,2-3,6,8-9H2,1H3. The number of rotatable bonds is 3. The lowest BCUT2D eigenvalue weighted by molar-refractivity contribution is 0.271. The minimum atomic E-state index is -3.73. The lowest BCUT2D eigenvalue weighted by Gasteiger charge is -2.30. The molecule has 1 aromatic carbocycles. The molecule has 0 bridgehead atoms. The fraction of sp³-hybridized carbons (Fsp3) is 0.538. The SMILES string of the molecule is CC1CCCN(S(=O)(=O)c2cc(F)ccc2CO)C1. The lowest BCUT2D eigenvalue weighted by atomic mass is 10.0. The van der Waals surface area contributed by atoms with Crippen molar-refractivity contribution in [2.75, 3.05) is 13.1 Å². The molecule has 1 atom stereocenters. The Labute approximate surface area is 112 Å². The maximum atomic E-state index is 13.3. The number of hydrogen-bond acceptors (Lipinski definition) is 3. The maximum Gasteiger partial charge on any atom is 0.243 e. The zero-order valence-electron chi connectivity index (χ0n) is 10.8. The highest BCUT2D eigenvalue weighted by molar-refractivity contribution is 7.89. The van der Waals surface area contributed by atoms with E-state index in [1.165, 1.54) is 10.4 Å². The van der Waals surface area contributed by atoms with Gasteiger partial charge in [-0.3, -0.25) is 0 Å². The molecular weight excluding hydrogens is 269 g/mol. The fourth-order valence-corrected chi connectivity index (χ4v) is 4.23. The Kier molecular flexibility index (Phi) is 4.23. The van der Waals surface area contributed by atoms with Gasteiger partial charge in [-0.1, -0.05) is 13.0 Å². The third-order valence-electron chi connectivity index (χ3n) is 3.44. The summed E-state index contributed by atoms with van der Waals surface area (Å²) in [6.45, 7) is 2.48. The van der Waals surface area contributed by atoms with Crippen LogP contribution in [0.5, 0.6) is 0 Å². The van der Waals surface area contributed by atoms with Gasteiger partial charge in [0.1, 0.15) is 5.82 Å². The summed E-state index contributed by atoms with van der Waals surface area (Å²) in [5.74, 6) is -0.310. The third kappa shape index (κ3) is 2.96. The minimum Gasteiger partial charge on any atom is -0.392 e. The highest BCUT2D eigenvalue weighted by Crippen LogP contribution is 2.26. The zero-order chi connectivity index (χ0) is 14.0. The van der Waals surface area contributed by atoms with Crippen LogP contribution in [-0.4, -0.2) is 30.9 Å². The molecule has 1 aliphatic rings. The molecule has 0 radical (unpaired) electrons. The van der Waals surface area contributed by atoms with Gasteiger partial charge in [0.05, 0.1) is 11.5 Å². The van der Waals surface area contributed by atoms with Crippen LogP contribution in [0.25, 0.3) is 0 Å². The largest absolute Gasteiger partial charge is 0.392 e. The maximum absolute atomic E-state index is 13.3. The van der Waals surface area contributed by atoms with Crippen molar-refractivity contribution in [2.24, 2.45) is 5.92 Å². The molecule has 0 saturated carbocycles. The van der Waals surface area contributed by atoms with Gasteiger partial charge in [0, 0.05) is 13.1 Å². The van der Waals surface area contributed by atoms with Crippen molar-refractivity contribution >= 4 is 10.0 Å². The molecule has 1 N–H and O–H groups in total. The van der Waals surface area contributed by atoms with Crippen LogP contribution < -0.4 is 0 Å². The van der Waals surface area contributed by atoms with E-state index in [9.17, 15) is 17.9 Å². The van der Waals surface area contributed by atoms with Crippen molar-refractivity contribution in [3.63, 3.8) is 0 Å². The Balaban J connectivity index is 2.41. The van der Waals surface area contributed by atoms with E-state index < -0.39 is 22.4 Å². The topological polar surface area (TPSA) is 57.6 Å². The van der Waals surface area contributed by atoms with Crippen LogP contribution >= 0.6 is 0 Å². The van der Waals surface area contributed by atoms with Crippen LogP contribution in [0.1, 0.15) is 25.3 Å². The summed E-state index contributed by atoms with van der Waals surface area (Å²) in [6, 6.07) is 3.46. The minimum absolute atomic E-state index is 0.121. The normalized spacial score (nSPS) is 21.5. The van der Waals surface area contributed by atoms with Gasteiger partial charge in [0.2, 0.25) is 10.0 Å². The Morgan fingerprint density at radius 3 is 2.84 bits per heavy atom. The fourth-order valence-electron chi connectivity index (χ4n) is 2.40. The van der Waals surface area contributed by atoms with Crippen molar-refractivity contribution in [2.45, 2.75) is 31.3 Å². The summed E-state index contributed by atoms with van der Waals surface area (Å²) in [7, 11) is -3.73. The highest BCUT2D eigenvalue weighted by atomic mass is 32.2. The number of aliphatic hydroxyl groups excluding tert-OH is 1. The number of nitrogens with zero attached hydrogens (tertiary/aromatic N) is 1.